The number of anilines is 1. The molecule has 3 aromatic rings. The zero-order valence-electron chi connectivity index (χ0n) is 20.9. The predicted octanol–water partition coefficient (Wildman–Crippen LogP) is 2.10. The summed E-state index contributed by atoms with van der Waals surface area (Å²) < 4.78 is 38.4. The number of morpholine rings is 1. The normalized spacial score (nSPS) is 17.1. The fourth-order valence-corrected chi connectivity index (χ4v) is 6.14. The third-order valence-corrected chi connectivity index (χ3v) is 8.96. The van der Waals surface area contributed by atoms with Crippen molar-refractivity contribution in [2.75, 3.05) is 44.2 Å². The molecule has 1 aliphatic heterocycles. The van der Waals surface area contributed by atoms with Gasteiger partial charge in [0.2, 0.25) is 15.9 Å². The number of hydrogen-bond donors (Lipinski definition) is 2. The lowest BCUT2D eigenvalue weighted by Crippen LogP contribution is -2.43. The molecule has 3 aromatic heterocycles. The molecule has 38 heavy (non-hydrogen) atoms. The molecule has 0 radical (unpaired) electrons. The molecular formula is C24H29N7O5S2. The maximum Gasteiger partial charge on any atom is 0.280 e. The highest BCUT2D eigenvalue weighted by Crippen LogP contribution is 2.30. The number of aromatic nitrogens is 4. The third kappa shape index (κ3) is 6.62. The van der Waals surface area contributed by atoms with Crippen LogP contribution >= 0.6 is 11.3 Å². The smallest absolute Gasteiger partial charge is 0.280 e. The van der Waals surface area contributed by atoms with Gasteiger partial charge in [-0.3, -0.25) is 24.4 Å². The van der Waals surface area contributed by atoms with Crippen molar-refractivity contribution in [3.63, 3.8) is 0 Å². The van der Waals surface area contributed by atoms with E-state index in [9.17, 15) is 13.2 Å². The Kier molecular flexibility index (Phi) is 8.12. The van der Waals surface area contributed by atoms with Crippen LogP contribution in [0.3, 0.4) is 0 Å². The van der Waals surface area contributed by atoms with Gasteiger partial charge in [-0.2, -0.15) is 0 Å². The van der Waals surface area contributed by atoms with Crippen molar-refractivity contribution in [3.8, 4) is 16.5 Å². The van der Waals surface area contributed by atoms with Crippen LogP contribution in [0.5, 0.6) is 5.88 Å². The fourth-order valence-electron chi connectivity index (χ4n) is 3.99. The molecular weight excluding hydrogens is 530 g/mol. The van der Waals surface area contributed by atoms with Gasteiger partial charge in [0, 0.05) is 32.0 Å². The summed E-state index contributed by atoms with van der Waals surface area (Å²) in [5.41, 5.74) is 1.54. The first-order chi connectivity index (χ1) is 18.4. The molecule has 0 aromatic carbocycles. The third-order valence-electron chi connectivity index (χ3n) is 6.07. The highest BCUT2D eigenvalue weighted by Gasteiger charge is 2.36. The maximum atomic E-state index is 13.3. The van der Waals surface area contributed by atoms with E-state index in [1.165, 1.54) is 17.5 Å². The van der Waals surface area contributed by atoms with E-state index in [-0.39, 0.29) is 16.2 Å². The second kappa shape index (κ2) is 11.7. The summed E-state index contributed by atoms with van der Waals surface area (Å²) in [5, 5.41) is 2.96. The van der Waals surface area contributed by atoms with Crippen LogP contribution < -0.4 is 14.8 Å². The Bertz CT molecular complexity index is 1370. The summed E-state index contributed by atoms with van der Waals surface area (Å²) in [5.74, 6) is 0.0393. The molecule has 0 spiro atoms. The first kappa shape index (κ1) is 26.4. The molecule has 2 fully saturated rings. The molecule has 1 saturated carbocycles. The van der Waals surface area contributed by atoms with Crippen LogP contribution in [0.2, 0.25) is 0 Å². The minimum atomic E-state index is -3.43. The Morgan fingerprint density at radius 3 is 2.82 bits per heavy atom. The highest BCUT2D eigenvalue weighted by atomic mass is 32.2. The lowest BCUT2D eigenvalue weighted by atomic mass is 10.1. The topological polar surface area (TPSA) is 149 Å². The number of sulfonamides is 1. The van der Waals surface area contributed by atoms with Crippen LogP contribution in [-0.2, 0) is 14.8 Å². The number of ether oxygens (including phenoxy) is 2. The summed E-state index contributed by atoms with van der Waals surface area (Å²) in [6.07, 6.45) is 7.59. The maximum absolute atomic E-state index is 13.3. The largest absolute Gasteiger partial charge is 0.477 e. The molecule has 1 atom stereocenters. The van der Waals surface area contributed by atoms with Crippen molar-refractivity contribution in [3.05, 3.63) is 47.6 Å². The minimum absolute atomic E-state index is 0.265. The SMILES string of the molecule is CCOc1cncc(-c2cnc(C(=O)N[C@@H](CN3CCOCC3)c3cc(NS(=O)(=O)C4CC4)ccn3)s2)n1. The van der Waals surface area contributed by atoms with Gasteiger partial charge in [0.15, 0.2) is 5.01 Å². The first-order valence-electron chi connectivity index (χ1n) is 12.4. The molecule has 1 amide bonds. The lowest BCUT2D eigenvalue weighted by molar-refractivity contribution is 0.0330. The summed E-state index contributed by atoms with van der Waals surface area (Å²) in [4.78, 5) is 33.5. The van der Waals surface area contributed by atoms with Crippen molar-refractivity contribution in [2.45, 2.75) is 31.1 Å². The molecule has 0 bridgehead atoms. The number of thiazole rings is 1. The number of carbonyl (C=O) groups is 1. The van der Waals surface area contributed by atoms with E-state index in [0.717, 1.165) is 13.1 Å². The van der Waals surface area contributed by atoms with Crippen LogP contribution in [-0.4, -0.2) is 83.9 Å². The molecule has 14 heteroatoms. The summed E-state index contributed by atoms with van der Waals surface area (Å²) in [6.45, 7) is 5.47. The summed E-state index contributed by atoms with van der Waals surface area (Å²) in [7, 11) is -3.43. The van der Waals surface area contributed by atoms with Gasteiger partial charge in [-0.1, -0.05) is 0 Å². The van der Waals surface area contributed by atoms with Gasteiger partial charge in [0.25, 0.3) is 5.91 Å². The van der Waals surface area contributed by atoms with Crippen molar-refractivity contribution in [1.29, 1.82) is 0 Å². The van der Waals surface area contributed by atoms with Gasteiger partial charge >= 0.3 is 0 Å². The Labute approximate surface area is 224 Å². The van der Waals surface area contributed by atoms with Gasteiger partial charge in [-0.25, -0.2) is 18.4 Å². The van der Waals surface area contributed by atoms with E-state index in [1.54, 1.807) is 30.7 Å². The van der Waals surface area contributed by atoms with Gasteiger partial charge in [-0.05, 0) is 31.9 Å². The highest BCUT2D eigenvalue weighted by molar-refractivity contribution is 7.93. The van der Waals surface area contributed by atoms with E-state index < -0.39 is 16.1 Å². The van der Waals surface area contributed by atoms with Gasteiger partial charge in [-0.15, -0.1) is 11.3 Å². The quantitative estimate of drug-likeness (QED) is 0.358. The van der Waals surface area contributed by atoms with E-state index in [2.05, 4.69) is 34.9 Å². The van der Waals surface area contributed by atoms with E-state index >= 15 is 0 Å². The predicted molar refractivity (Wildman–Crippen MR) is 142 cm³/mol. The average Bonchev–Trinajstić information content (AvgIpc) is 3.67. The summed E-state index contributed by atoms with van der Waals surface area (Å²) >= 11 is 1.20. The molecule has 12 nitrogen and oxygen atoms in total. The zero-order chi connectivity index (χ0) is 26.5. The molecule has 2 aliphatic rings. The standard InChI is InChI=1S/C24H29N7O5S2/c1-2-36-22-14-25-12-19(28-22)21-13-27-24(37-21)23(32)29-20(15-31-7-9-35-10-8-31)18-11-16(5-6-26-18)30-38(33,34)17-3-4-17/h5-6,11-14,17,20H,2-4,7-10,15H2,1H3,(H,26,30)(H,29,32)/t20-/m0/s1. The molecule has 5 rings (SSSR count). The van der Waals surface area contributed by atoms with Crippen molar-refractivity contribution in [2.24, 2.45) is 0 Å². The average molecular weight is 560 g/mol. The second-order valence-corrected chi connectivity index (χ2v) is 12.0. The van der Waals surface area contributed by atoms with Gasteiger partial charge in [0.05, 0.1) is 59.8 Å². The molecule has 2 N–H and O–H groups in total. The Hall–Kier alpha value is -3.20. The zero-order valence-corrected chi connectivity index (χ0v) is 22.5. The fraction of sp³-hybridized carbons (Fsp3) is 0.458. The summed E-state index contributed by atoms with van der Waals surface area (Å²) in [6, 6.07) is 2.79. The van der Waals surface area contributed by atoms with Gasteiger partial charge < -0.3 is 14.8 Å². The Morgan fingerprint density at radius 2 is 2.05 bits per heavy atom. The molecule has 202 valence electrons. The monoisotopic (exact) mass is 559 g/mol. The van der Waals surface area contributed by atoms with Crippen LogP contribution in [0.1, 0.15) is 41.3 Å². The van der Waals surface area contributed by atoms with Gasteiger partial charge in [0.1, 0.15) is 5.69 Å². The number of nitrogens with zero attached hydrogens (tertiary/aromatic N) is 5. The number of rotatable bonds is 11. The number of carbonyl (C=O) groups excluding carboxylic acids is 1. The van der Waals surface area contributed by atoms with Crippen LogP contribution in [0, 0.1) is 0 Å². The Balaban J connectivity index is 1.35. The molecule has 0 unspecified atom stereocenters. The number of hydrogen-bond acceptors (Lipinski definition) is 11. The van der Waals surface area contributed by atoms with Crippen molar-refractivity contribution >= 4 is 33.0 Å². The van der Waals surface area contributed by atoms with Crippen LogP contribution in [0.25, 0.3) is 10.6 Å². The van der Waals surface area contributed by atoms with Crippen molar-refractivity contribution in [1.82, 2.24) is 30.2 Å². The number of amides is 1. The van der Waals surface area contributed by atoms with Crippen LogP contribution in [0.15, 0.2) is 36.9 Å². The second-order valence-electron chi connectivity index (χ2n) is 8.96. The van der Waals surface area contributed by atoms with E-state index in [0.29, 0.717) is 67.0 Å². The lowest BCUT2D eigenvalue weighted by Gasteiger charge is -2.30. The molecule has 4 heterocycles. The van der Waals surface area contributed by atoms with E-state index in [4.69, 9.17) is 9.47 Å². The minimum Gasteiger partial charge on any atom is -0.477 e. The first-order valence-corrected chi connectivity index (χ1v) is 14.8. The molecule has 1 saturated heterocycles. The number of pyridine rings is 1. The van der Waals surface area contributed by atoms with Crippen LogP contribution in [0.4, 0.5) is 5.69 Å². The molecule has 1 aliphatic carbocycles. The van der Waals surface area contributed by atoms with E-state index in [1.807, 2.05) is 6.92 Å². The Morgan fingerprint density at radius 1 is 1.24 bits per heavy atom. The number of nitrogens with one attached hydrogen (secondary N) is 2. The van der Waals surface area contributed by atoms with Crippen molar-refractivity contribution < 1.29 is 22.7 Å².